The highest BCUT2D eigenvalue weighted by molar-refractivity contribution is 5.49. The van der Waals surface area contributed by atoms with Gasteiger partial charge in [-0.05, 0) is 30.7 Å². The van der Waals surface area contributed by atoms with Gasteiger partial charge in [0.05, 0.1) is 0 Å². The first-order valence-electron chi connectivity index (χ1n) is 5.86. The van der Waals surface area contributed by atoms with Crippen LogP contribution in [0.25, 0.3) is 0 Å². The van der Waals surface area contributed by atoms with Crippen LogP contribution >= 0.6 is 0 Å². The third-order valence-electron chi connectivity index (χ3n) is 3.40. The van der Waals surface area contributed by atoms with Crippen molar-refractivity contribution in [2.45, 2.75) is 19.3 Å². The molecule has 1 saturated carbocycles. The van der Waals surface area contributed by atoms with E-state index in [1.165, 1.54) is 12.8 Å². The second kappa shape index (κ2) is 5.16. The van der Waals surface area contributed by atoms with Crippen LogP contribution in [0.15, 0.2) is 18.3 Å². The number of aliphatic hydroxyl groups is 1. The summed E-state index contributed by atoms with van der Waals surface area (Å²) >= 11 is 0. The van der Waals surface area contributed by atoms with Crippen LogP contribution in [0.3, 0.4) is 0 Å². The second-order valence-electron chi connectivity index (χ2n) is 4.48. The van der Waals surface area contributed by atoms with E-state index in [0.717, 1.165) is 18.7 Å². The molecule has 0 aliphatic heterocycles. The standard InChI is InChI=1S/C12H19N3O/c13-12-6-11(4-5-14-12)15-7-9-2-1-3-10(9)8-16/h4-6,9-10,16H,1-3,7-8H2,(H3,13,14,15). The van der Waals surface area contributed by atoms with Gasteiger partial charge in [-0.1, -0.05) is 6.42 Å². The number of nitrogens with zero attached hydrogens (tertiary/aromatic N) is 1. The summed E-state index contributed by atoms with van der Waals surface area (Å²) in [6.07, 6.45) is 5.30. The van der Waals surface area contributed by atoms with Gasteiger partial charge in [-0.2, -0.15) is 0 Å². The zero-order valence-electron chi connectivity index (χ0n) is 9.39. The first-order chi connectivity index (χ1) is 7.79. The highest BCUT2D eigenvalue weighted by Crippen LogP contribution is 2.31. The number of hydrogen-bond donors (Lipinski definition) is 3. The molecule has 4 N–H and O–H groups in total. The number of aliphatic hydroxyl groups excluding tert-OH is 1. The van der Waals surface area contributed by atoms with Crippen molar-refractivity contribution in [3.63, 3.8) is 0 Å². The van der Waals surface area contributed by atoms with Crippen LogP contribution in [0.5, 0.6) is 0 Å². The van der Waals surface area contributed by atoms with Crippen LogP contribution in [0.1, 0.15) is 19.3 Å². The quantitative estimate of drug-likeness (QED) is 0.720. The summed E-state index contributed by atoms with van der Waals surface area (Å²) < 4.78 is 0. The number of nitrogens with one attached hydrogen (secondary N) is 1. The first kappa shape index (κ1) is 11.2. The van der Waals surface area contributed by atoms with E-state index < -0.39 is 0 Å². The molecule has 0 spiro atoms. The second-order valence-corrected chi connectivity index (χ2v) is 4.48. The monoisotopic (exact) mass is 221 g/mol. The highest BCUT2D eigenvalue weighted by atomic mass is 16.3. The molecule has 0 amide bonds. The Bertz CT molecular complexity index is 343. The minimum Gasteiger partial charge on any atom is -0.396 e. The van der Waals surface area contributed by atoms with Crippen molar-refractivity contribution in [1.82, 2.24) is 4.98 Å². The SMILES string of the molecule is Nc1cc(NCC2CCCC2CO)ccn1. The zero-order valence-corrected chi connectivity index (χ0v) is 9.39. The molecule has 16 heavy (non-hydrogen) atoms. The van der Waals surface area contributed by atoms with E-state index in [2.05, 4.69) is 10.3 Å². The van der Waals surface area contributed by atoms with Crippen LogP contribution in [0.2, 0.25) is 0 Å². The van der Waals surface area contributed by atoms with E-state index in [4.69, 9.17) is 5.73 Å². The van der Waals surface area contributed by atoms with Crippen LogP contribution < -0.4 is 11.1 Å². The fraction of sp³-hybridized carbons (Fsp3) is 0.583. The number of nitrogens with two attached hydrogens (primary N) is 1. The lowest BCUT2D eigenvalue weighted by atomic mass is 9.97. The molecule has 1 aliphatic carbocycles. The largest absolute Gasteiger partial charge is 0.396 e. The lowest BCUT2D eigenvalue weighted by Gasteiger charge is -2.18. The fourth-order valence-electron chi connectivity index (χ4n) is 2.43. The average molecular weight is 221 g/mol. The van der Waals surface area contributed by atoms with Gasteiger partial charge in [0.15, 0.2) is 0 Å². The van der Waals surface area contributed by atoms with Crippen molar-refractivity contribution in [3.8, 4) is 0 Å². The Labute approximate surface area is 95.9 Å². The lowest BCUT2D eigenvalue weighted by molar-refractivity contribution is 0.199. The third-order valence-corrected chi connectivity index (χ3v) is 3.40. The molecule has 1 aromatic heterocycles. The summed E-state index contributed by atoms with van der Waals surface area (Å²) in [7, 11) is 0. The lowest BCUT2D eigenvalue weighted by Crippen LogP contribution is -2.20. The summed E-state index contributed by atoms with van der Waals surface area (Å²) in [4.78, 5) is 3.95. The number of aromatic nitrogens is 1. The average Bonchev–Trinajstić information content (AvgIpc) is 2.74. The van der Waals surface area contributed by atoms with Crippen molar-refractivity contribution >= 4 is 11.5 Å². The van der Waals surface area contributed by atoms with Gasteiger partial charge in [0.1, 0.15) is 5.82 Å². The number of rotatable bonds is 4. The van der Waals surface area contributed by atoms with Crippen molar-refractivity contribution in [2.24, 2.45) is 11.8 Å². The van der Waals surface area contributed by atoms with Crippen LogP contribution in [0, 0.1) is 11.8 Å². The number of anilines is 2. The summed E-state index contributed by atoms with van der Waals surface area (Å²) in [5.74, 6) is 1.58. The van der Waals surface area contributed by atoms with Crippen molar-refractivity contribution in [2.75, 3.05) is 24.2 Å². The molecule has 4 heteroatoms. The highest BCUT2D eigenvalue weighted by Gasteiger charge is 2.26. The smallest absolute Gasteiger partial charge is 0.125 e. The van der Waals surface area contributed by atoms with Crippen LogP contribution in [0.4, 0.5) is 11.5 Å². The Hall–Kier alpha value is -1.29. The summed E-state index contributed by atoms with van der Waals surface area (Å²) in [6, 6.07) is 3.75. The predicted molar refractivity (Wildman–Crippen MR) is 65.1 cm³/mol. The molecule has 0 bridgehead atoms. The van der Waals surface area contributed by atoms with E-state index in [-0.39, 0.29) is 0 Å². The first-order valence-corrected chi connectivity index (χ1v) is 5.86. The normalized spacial score (nSPS) is 24.6. The molecule has 88 valence electrons. The Morgan fingerprint density at radius 3 is 3.00 bits per heavy atom. The van der Waals surface area contributed by atoms with Gasteiger partial charge in [0.25, 0.3) is 0 Å². The summed E-state index contributed by atoms with van der Waals surface area (Å²) in [5, 5.41) is 12.6. The van der Waals surface area contributed by atoms with E-state index in [0.29, 0.717) is 24.3 Å². The predicted octanol–water partition coefficient (Wildman–Crippen LogP) is 1.48. The maximum atomic E-state index is 9.22. The molecule has 1 fully saturated rings. The zero-order chi connectivity index (χ0) is 11.4. The third kappa shape index (κ3) is 2.64. The molecular formula is C12H19N3O. The Balaban J connectivity index is 1.87. The molecule has 1 heterocycles. The molecule has 2 unspecified atom stereocenters. The van der Waals surface area contributed by atoms with E-state index in [1.807, 2.05) is 12.1 Å². The van der Waals surface area contributed by atoms with Crippen molar-refractivity contribution < 1.29 is 5.11 Å². The molecule has 2 rings (SSSR count). The van der Waals surface area contributed by atoms with Gasteiger partial charge in [-0.15, -0.1) is 0 Å². The Kier molecular flexibility index (Phi) is 3.62. The van der Waals surface area contributed by atoms with E-state index >= 15 is 0 Å². The number of nitrogen functional groups attached to an aromatic ring is 1. The van der Waals surface area contributed by atoms with Gasteiger partial charge < -0.3 is 16.2 Å². The topological polar surface area (TPSA) is 71.2 Å². The molecule has 0 radical (unpaired) electrons. The molecule has 4 nitrogen and oxygen atoms in total. The molecule has 2 atom stereocenters. The Morgan fingerprint density at radius 1 is 1.44 bits per heavy atom. The minimum absolute atomic E-state index is 0.310. The van der Waals surface area contributed by atoms with Crippen LogP contribution in [-0.4, -0.2) is 23.2 Å². The summed E-state index contributed by atoms with van der Waals surface area (Å²) in [5.41, 5.74) is 6.61. The van der Waals surface area contributed by atoms with Gasteiger partial charge in [0.2, 0.25) is 0 Å². The van der Waals surface area contributed by atoms with Gasteiger partial charge in [0, 0.05) is 31.1 Å². The van der Waals surface area contributed by atoms with Crippen molar-refractivity contribution in [3.05, 3.63) is 18.3 Å². The van der Waals surface area contributed by atoms with Crippen molar-refractivity contribution in [1.29, 1.82) is 0 Å². The number of hydrogen-bond acceptors (Lipinski definition) is 4. The Morgan fingerprint density at radius 2 is 2.25 bits per heavy atom. The molecule has 0 saturated heterocycles. The molecule has 1 aromatic rings. The van der Waals surface area contributed by atoms with E-state index in [9.17, 15) is 5.11 Å². The maximum Gasteiger partial charge on any atom is 0.125 e. The minimum atomic E-state index is 0.310. The van der Waals surface area contributed by atoms with Gasteiger partial charge >= 0.3 is 0 Å². The maximum absolute atomic E-state index is 9.22. The van der Waals surface area contributed by atoms with Crippen LogP contribution in [-0.2, 0) is 0 Å². The van der Waals surface area contributed by atoms with Gasteiger partial charge in [-0.3, -0.25) is 0 Å². The van der Waals surface area contributed by atoms with E-state index in [1.54, 1.807) is 6.20 Å². The number of pyridine rings is 1. The molecule has 0 aromatic carbocycles. The fourth-order valence-corrected chi connectivity index (χ4v) is 2.43. The van der Waals surface area contributed by atoms with Gasteiger partial charge in [-0.25, -0.2) is 4.98 Å². The molecule has 1 aliphatic rings. The summed E-state index contributed by atoms with van der Waals surface area (Å²) in [6.45, 7) is 1.22. The molecular weight excluding hydrogens is 202 g/mol.